The van der Waals surface area contributed by atoms with E-state index in [0.29, 0.717) is 12.2 Å². The van der Waals surface area contributed by atoms with E-state index in [1.165, 1.54) is 32.1 Å². The highest BCUT2D eigenvalue weighted by Gasteiger charge is 2.50. The lowest BCUT2D eigenvalue weighted by molar-refractivity contribution is -0.156. The van der Waals surface area contributed by atoms with Crippen molar-refractivity contribution in [2.45, 2.75) is 89.9 Å². The summed E-state index contributed by atoms with van der Waals surface area (Å²) in [6.07, 6.45) is 14.4. The third-order valence-electron chi connectivity index (χ3n) is 5.32. The first-order chi connectivity index (χ1) is 11.2. The van der Waals surface area contributed by atoms with Crippen LogP contribution < -0.4 is 0 Å². The molecule has 130 valence electrons. The molecule has 0 radical (unpaired) electrons. The molecule has 0 aromatic carbocycles. The third kappa shape index (κ3) is 6.84. The lowest BCUT2D eigenvalue weighted by Gasteiger charge is -2.10. The average molecular weight is 322 g/mol. The van der Waals surface area contributed by atoms with E-state index in [1.807, 2.05) is 0 Å². The van der Waals surface area contributed by atoms with Crippen LogP contribution in [0.15, 0.2) is 0 Å². The summed E-state index contributed by atoms with van der Waals surface area (Å²) in [5.41, 5.74) is -0.382. The minimum Gasteiger partial charge on any atom is -0.395 e. The van der Waals surface area contributed by atoms with Gasteiger partial charge in [0.1, 0.15) is 5.78 Å². The molecule has 4 nitrogen and oxygen atoms in total. The highest BCUT2D eigenvalue weighted by Crippen LogP contribution is 2.50. The summed E-state index contributed by atoms with van der Waals surface area (Å²) in [7, 11) is 0. The van der Waals surface area contributed by atoms with Gasteiger partial charge in [0.2, 0.25) is 0 Å². The number of unbranched alkanes of at least 4 members (excludes halogenated alkanes) is 4. The van der Waals surface area contributed by atoms with E-state index in [1.54, 1.807) is 0 Å². The van der Waals surface area contributed by atoms with Crippen LogP contribution in [0.1, 0.15) is 89.9 Å². The second-order valence-corrected chi connectivity index (χ2v) is 7.42. The van der Waals surface area contributed by atoms with Crippen LogP contribution in [0, 0.1) is 11.3 Å². The summed E-state index contributed by atoms with van der Waals surface area (Å²) < 4.78 is 4.47. The van der Waals surface area contributed by atoms with Crippen LogP contribution in [-0.2, 0) is 19.1 Å². The van der Waals surface area contributed by atoms with Gasteiger partial charge in [0.25, 0.3) is 0 Å². The van der Waals surface area contributed by atoms with Gasteiger partial charge in [-0.3, -0.25) is 14.4 Å². The Hall–Kier alpha value is -1.19. The maximum Gasteiger partial charge on any atom is 0.319 e. The van der Waals surface area contributed by atoms with Gasteiger partial charge < -0.3 is 4.74 Å². The van der Waals surface area contributed by atoms with Crippen molar-refractivity contribution in [2.24, 2.45) is 11.3 Å². The Labute approximate surface area is 139 Å². The molecule has 2 aliphatic carbocycles. The minimum absolute atomic E-state index is 0.228. The predicted octanol–water partition coefficient (Wildman–Crippen LogP) is 4.35. The lowest BCUT2D eigenvalue weighted by atomic mass is 9.97. The van der Waals surface area contributed by atoms with Crippen molar-refractivity contribution in [3.8, 4) is 0 Å². The summed E-state index contributed by atoms with van der Waals surface area (Å²) in [5, 5.41) is 0. The molecular formula is C19H30O4. The standard InChI is InChI=1S/C19H30O4/c20-15-23-18(22)19(13-14-19)12-6-2-5-9-17(21)8-4-1-3-7-16-10-11-16/h15-16H,1-14H2. The molecule has 4 heteroatoms. The molecule has 0 saturated heterocycles. The van der Waals surface area contributed by atoms with E-state index in [9.17, 15) is 14.4 Å². The van der Waals surface area contributed by atoms with Crippen LogP contribution in [-0.4, -0.2) is 18.2 Å². The molecule has 0 aromatic heterocycles. The highest BCUT2D eigenvalue weighted by molar-refractivity contribution is 5.84. The third-order valence-corrected chi connectivity index (χ3v) is 5.32. The van der Waals surface area contributed by atoms with Crippen LogP contribution >= 0.6 is 0 Å². The number of rotatable bonds is 14. The van der Waals surface area contributed by atoms with E-state index >= 15 is 0 Å². The molecule has 2 saturated carbocycles. The maximum absolute atomic E-state index is 11.8. The fourth-order valence-corrected chi connectivity index (χ4v) is 3.30. The van der Waals surface area contributed by atoms with Crippen molar-refractivity contribution in [3.05, 3.63) is 0 Å². The number of ketones is 1. The Morgan fingerprint density at radius 1 is 0.957 bits per heavy atom. The zero-order valence-electron chi connectivity index (χ0n) is 14.2. The van der Waals surface area contributed by atoms with Crippen molar-refractivity contribution < 1.29 is 19.1 Å². The van der Waals surface area contributed by atoms with Gasteiger partial charge in [-0.1, -0.05) is 44.9 Å². The first-order valence-electron chi connectivity index (χ1n) is 9.33. The second kappa shape index (κ2) is 9.19. The van der Waals surface area contributed by atoms with Crippen molar-refractivity contribution in [1.29, 1.82) is 0 Å². The fourth-order valence-electron chi connectivity index (χ4n) is 3.30. The monoisotopic (exact) mass is 322 g/mol. The zero-order valence-corrected chi connectivity index (χ0v) is 14.2. The van der Waals surface area contributed by atoms with Gasteiger partial charge in [-0.05, 0) is 38.0 Å². The van der Waals surface area contributed by atoms with Gasteiger partial charge in [0, 0.05) is 12.8 Å². The summed E-state index contributed by atoms with van der Waals surface area (Å²) in [6, 6.07) is 0. The zero-order chi connectivity index (χ0) is 16.5. The number of hydrogen-bond acceptors (Lipinski definition) is 4. The molecule has 2 aliphatic rings. The van der Waals surface area contributed by atoms with Gasteiger partial charge in [0.15, 0.2) is 0 Å². The van der Waals surface area contributed by atoms with E-state index in [0.717, 1.165) is 57.3 Å². The second-order valence-electron chi connectivity index (χ2n) is 7.42. The summed E-state index contributed by atoms with van der Waals surface area (Å²) in [4.78, 5) is 33.6. The number of Topliss-reactive ketones (excluding diaryl/α,β-unsaturated/α-hetero) is 1. The molecule has 0 aliphatic heterocycles. The lowest BCUT2D eigenvalue weighted by Crippen LogP contribution is -2.18. The quantitative estimate of drug-likeness (QED) is 0.206. The van der Waals surface area contributed by atoms with Crippen LogP contribution in [0.4, 0.5) is 0 Å². The Balaban J connectivity index is 1.41. The van der Waals surface area contributed by atoms with Gasteiger partial charge in [-0.2, -0.15) is 0 Å². The molecule has 0 spiro atoms. The SMILES string of the molecule is O=COC(=O)C1(CCCCCC(=O)CCCCCC2CC2)CC1. The molecule has 2 fully saturated rings. The molecule has 0 unspecified atom stereocenters. The van der Waals surface area contributed by atoms with Gasteiger partial charge in [-0.15, -0.1) is 0 Å². The normalized spacial score (nSPS) is 18.4. The molecular weight excluding hydrogens is 292 g/mol. The number of esters is 1. The van der Waals surface area contributed by atoms with E-state index in [4.69, 9.17) is 0 Å². The van der Waals surface area contributed by atoms with Crippen molar-refractivity contribution >= 4 is 18.2 Å². The molecule has 0 bridgehead atoms. The predicted molar refractivity (Wildman–Crippen MR) is 87.7 cm³/mol. The fraction of sp³-hybridized carbons (Fsp3) is 0.842. The minimum atomic E-state index is -0.382. The van der Waals surface area contributed by atoms with Gasteiger partial charge in [-0.25, -0.2) is 0 Å². The number of carbonyl (C=O) groups excluding carboxylic acids is 3. The largest absolute Gasteiger partial charge is 0.395 e. The molecule has 0 heterocycles. The Morgan fingerprint density at radius 3 is 2.17 bits per heavy atom. The van der Waals surface area contributed by atoms with E-state index < -0.39 is 0 Å². The van der Waals surface area contributed by atoms with Crippen LogP contribution in [0.3, 0.4) is 0 Å². The Morgan fingerprint density at radius 2 is 1.61 bits per heavy atom. The van der Waals surface area contributed by atoms with Crippen LogP contribution in [0.25, 0.3) is 0 Å². The topological polar surface area (TPSA) is 60.4 Å². The first-order valence-corrected chi connectivity index (χ1v) is 9.33. The van der Waals surface area contributed by atoms with E-state index in [-0.39, 0.29) is 17.9 Å². The summed E-state index contributed by atoms with van der Waals surface area (Å²) in [5.74, 6) is 1.02. The first kappa shape index (κ1) is 18.2. The number of ether oxygens (including phenoxy) is 1. The van der Waals surface area contributed by atoms with Gasteiger partial charge in [0.05, 0.1) is 5.41 Å². The average Bonchev–Trinajstić information content (AvgIpc) is 3.42. The van der Waals surface area contributed by atoms with E-state index in [2.05, 4.69) is 4.74 Å². The molecule has 0 atom stereocenters. The van der Waals surface area contributed by atoms with Gasteiger partial charge >= 0.3 is 12.4 Å². The Kier molecular flexibility index (Phi) is 7.25. The molecule has 0 N–H and O–H groups in total. The molecule has 0 amide bonds. The highest BCUT2D eigenvalue weighted by atomic mass is 16.6. The number of carbonyl (C=O) groups is 3. The molecule has 23 heavy (non-hydrogen) atoms. The van der Waals surface area contributed by atoms with Crippen molar-refractivity contribution in [1.82, 2.24) is 0 Å². The smallest absolute Gasteiger partial charge is 0.319 e. The van der Waals surface area contributed by atoms with Crippen molar-refractivity contribution in [2.75, 3.05) is 0 Å². The summed E-state index contributed by atoms with van der Waals surface area (Å²) >= 11 is 0. The van der Waals surface area contributed by atoms with Crippen LogP contribution in [0.2, 0.25) is 0 Å². The molecule has 0 aromatic rings. The summed E-state index contributed by atoms with van der Waals surface area (Å²) in [6.45, 7) is 0.228. The number of hydrogen-bond donors (Lipinski definition) is 0. The van der Waals surface area contributed by atoms with Crippen LogP contribution in [0.5, 0.6) is 0 Å². The Bertz CT molecular complexity index is 408. The maximum atomic E-state index is 11.8. The molecule has 2 rings (SSSR count). The van der Waals surface area contributed by atoms with Crippen molar-refractivity contribution in [3.63, 3.8) is 0 Å².